The smallest absolute Gasteiger partial charge is 0.240 e. The molecule has 0 radical (unpaired) electrons. The predicted octanol–water partition coefficient (Wildman–Crippen LogP) is 0.657. The summed E-state index contributed by atoms with van der Waals surface area (Å²) >= 11 is 1.34. The Kier molecular flexibility index (Phi) is 4.06. The van der Waals surface area contributed by atoms with Crippen molar-refractivity contribution in [2.24, 2.45) is 0 Å². The lowest BCUT2D eigenvalue weighted by Gasteiger charge is -2.23. The third-order valence-corrected chi connectivity index (χ3v) is 3.73. The van der Waals surface area contributed by atoms with Crippen LogP contribution in [-0.2, 0) is 14.4 Å². The van der Waals surface area contributed by atoms with Crippen LogP contribution >= 0.6 is 11.8 Å². The predicted molar refractivity (Wildman–Crippen MR) is 71.3 cm³/mol. The van der Waals surface area contributed by atoms with Crippen LogP contribution in [0.15, 0.2) is 29.2 Å². The van der Waals surface area contributed by atoms with Crippen molar-refractivity contribution < 1.29 is 14.4 Å². The van der Waals surface area contributed by atoms with Crippen molar-refractivity contribution in [2.75, 3.05) is 5.32 Å². The molecule has 1 aliphatic heterocycles. The highest BCUT2D eigenvalue weighted by atomic mass is 32.2. The minimum atomic E-state index is -0.497. The van der Waals surface area contributed by atoms with Crippen LogP contribution in [0.3, 0.4) is 0 Å². The number of amides is 3. The molecule has 0 spiro atoms. The zero-order valence-corrected chi connectivity index (χ0v) is 11.0. The molecule has 0 saturated heterocycles. The average molecular weight is 279 g/mol. The standard InChI is InChI=1S/C12H13N3O3S/c1-7(16)14-15-11(17)6-10-12(18)13-8-4-2-3-5-9(8)19-10/h2-5,10H,6H2,1H3,(H,13,18)(H,14,16)(H,15,17)/t10-/m1/s1. The van der Waals surface area contributed by atoms with Gasteiger partial charge in [0, 0.05) is 18.2 Å². The number of fused-ring (bicyclic) bond motifs is 1. The van der Waals surface area contributed by atoms with E-state index in [1.807, 2.05) is 24.3 Å². The Morgan fingerprint density at radius 3 is 2.79 bits per heavy atom. The fraction of sp³-hybridized carbons (Fsp3) is 0.250. The topological polar surface area (TPSA) is 87.3 Å². The molecule has 3 amide bonds. The number of nitrogens with one attached hydrogen (secondary N) is 3. The van der Waals surface area contributed by atoms with Crippen LogP contribution in [0.1, 0.15) is 13.3 Å². The summed E-state index contributed by atoms with van der Waals surface area (Å²) in [5.41, 5.74) is 5.19. The number of rotatable bonds is 2. The second-order valence-corrected chi connectivity index (χ2v) is 5.27. The number of hydrazine groups is 1. The van der Waals surface area contributed by atoms with Crippen molar-refractivity contribution >= 4 is 35.2 Å². The Balaban J connectivity index is 1.97. The third kappa shape index (κ3) is 3.47. The molecule has 100 valence electrons. The fourth-order valence-electron chi connectivity index (χ4n) is 1.60. The van der Waals surface area contributed by atoms with Gasteiger partial charge in [-0.3, -0.25) is 25.2 Å². The monoisotopic (exact) mass is 279 g/mol. The van der Waals surface area contributed by atoms with Crippen molar-refractivity contribution in [3.63, 3.8) is 0 Å². The Morgan fingerprint density at radius 1 is 1.32 bits per heavy atom. The van der Waals surface area contributed by atoms with E-state index in [4.69, 9.17) is 0 Å². The molecular weight excluding hydrogens is 266 g/mol. The Bertz CT molecular complexity index is 533. The van der Waals surface area contributed by atoms with Gasteiger partial charge in [0.15, 0.2) is 0 Å². The van der Waals surface area contributed by atoms with Gasteiger partial charge in [-0.2, -0.15) is 0 Å². The number of carbonyl (C=O) groups excluding carboxylic acids is 3. The van der Waals surface area contributed by atoms with Gasteiger partial charge >= 0.3 is 0 Å². The lowest BCUT2D eigenvalue weighted by molar-refractivity contribution is -0.128. The van der Waals surface area contributed by atoms with Gasteiger partial charge in [0.05, 0.1) is 10.9 Å². The quantitative estimate of drug-likeness (QED) is 0.694. The highest BCUT2D eigenvalue weighted by Crippen LogP contribution is 2.36. The summed E-state index contributed by atoms with van der Waals surface area (Å²) in [7, 11) is 0. The van der Waals surface area contributed by atoms with Crippen LogP contribution in [0, 0.1) is 0 Å². The van der Waals surface area contributed by atoms with E-state index in [0.29, 0.717) is 0 Å². The highest BCUT2D eigenvalue weighted by Gasteiger charge is 2.28. The Hall–Kier alpha value is -2.02. The molecular formula is C12H13N3O3S. The molecule has 0 aromatic heterocycles. The number of hydrogen-bond acceptors (Lipinski definition) is 4. The fourth-order valence-corrected chi connectivity index (χ4v) is 2.71. The molecule has 2 rings (SSSR count). The molecule has 7 heteroatoms. The first-order chi connectivity index (χ1) is 9.06. The molecule has 0 fully saturated rings. The minimum Gasteiger partial charge on any atom is -0.324 e. The molecule has 0 bridgehead atoms. The zero-order chi connectivity index (χ0) is 13.8. The maximum Gasteiger partial charge on any atom is 0.240 e. The number of para-hydroxylation sites is 1. The molecule has 3 N–H and O–H groups in total. The van der Waals surface area contributed by atoms with E-state index in [2.05, 4.69) is 16.2 Å². The average Bonchev–Trinajstić information content (AvgIpc) is 2.37. The van der Waals surface area contributed by atoms with Crippen LogP contribution in [0.25, 0.3) is 0 Å². The van der Waals surface area contributed by atoms with Crippen LogP contribution in [0.4, 0.5) is 5.69 Å². The van der Waals surface area contributed by atoms with E-state index < -0.39 is 11.2 Å². The van der Waals surface area contributed by atoms with Gasteiger partial charge in [-0.1, -0.05) is 12.1 Å². The number of benzene rings is 1. The van der Waals surface area contributed by atoms with Crippen molar-refractivity contribution in [3.8, 4) is 0 Å². The molecule has 1 atom stereocenters. The van der Waals surface area contributed by atoms with Gasteiger partial charge in [0.25, 0.3) is 0 Å². The summed E-state index contributed by atoms with van der Waals surface area (Å²) in [6.07, 6.45) is 0.00507. The van der Waals surface area contributed by atoms with Crippen molar-refractivity contribution in [1.82, 2.24) is 10.9 Å². The lowest BCUT2D eigenvalue weighted by atomic mass is 10.2. The Labute approximate surface area is 114 Å². The summed E-state index contributed by atoms with van der Waals surface area (Å²) < 4.78 is 0. The van der Waals surface area contributed by atoms with Crippen LogP contribution < -0.4 is 16.2 Å². The van der Waals surface area contributed by atoms with E-state index in [1.165, 1.54) is 18.7 Å². The molecule has 1 aromatic rings. The van der Waals surface area contributed by atoms with E-state index >= 15 is 0 Å². The third-order valence-electron chi connectivity index (χ3n) is 2.46. The summed E-state index contributed by atoms with van der Waals surface area (Å²) in [4.78, 5) is 35.0. The van der Waals surface area contributed by atoms with E-state index in [1.54, 1.807) is 0 Å². The summed E-state index contributed by atoms with van der Waals surface area (Å²) in [6.45, 7) is 1.29. The molecule has 0 unspecified atom stereocenters. The molecule has 1 aliphatic rings. The maximum absolute atomic E-state index is 11.8. The summed E-state index contributed by atoms with van der Waals surface area (Å²) in [5, 5.41) is 2.26. The van der Waals surface area contributed by atoms with E-state index in [9.17, 15) is 14.4 Å². The first-order valence-corrected chi connectivity index (χ1v) is 6.56. The number of carbonyl (C=O) groups is 3. The Morgan fingerprint density at radius 2 is 2.05 bits per heavy atom. The van der Waals surface area contributed by atoms with Gasteiger partial charge < -0.3 is 5.32 Å². The first kappa shape index (κ1) is 13.4. The van der Waals surface area contributed by atoms with Crippen molar-refractivity contribution in [3.05, 3.63) is 24.3 Å². The van der Waals surface area contributed by atoms with E-state index in [-0.39, 0.29) is 18.2 Å². The largest absolute Gasteiger partial charge is 0.324 e. The van der Waals surface area contributed by atoms with Gasteiger partial charge in [0.1, 0.15) is 0 Å². The molecule has 6 nitrogen and oxygen atoms in total. The van der Waals surface area contributed by atoms with Crippen LogP contribution in [0.5, 0.6) is 0 Å². The molecule has 1 aromatic carbocycles. The van der Waals surface area contributed by atoms with Crippen molar-refractivity contribution in [2.45, 2.75) is 23.5 Å². The number of hydrogen-bond donors (Lipinski definition) is 3. The molecule has 19 heavy (non-hydrogen) atoms. The normalized spacial score (nSPS) is 17.1. The summed E-state index contributed by atoms with van der Waals surface area (Å²) in [6, 6.07) is 7.41. The van der Waals surface area contributed by atoms with Gasteiger partial charge in [-0.05, 0) is 12.1 Å². The van der Waals surface area contributed by atoms with E-state index in [0.717, 1.165) is 10.6 Å². The zero-order valence-electron chi connectivity index (χ0n) is 10.2. The highest BCUT2D eigenvalue weighted by molar-refractivity contribution is 8.01. The number of thioether (sulfide) groups is 1. The number of anilines is 1. The minimum absolute atomic E-state index is 0.00507. The lowest BCUT2D eigenvalue weighted by Crippen LogP contribution is -2.43. The van der Waals surface area contributed by atoms with Crippen LogP contribution in [-0.4, -0.2) is 23.0 Å². The SMILES string of the molecule is CC(=O)NNC(=O)C[C@H]1Sc2ccccc2NC1=O. The van der Waals surface area contributed by atoms with Gasteiger partial charge in [-0.15, -0.1) is 11.8 Å². The van der Waals surface area contributed by atoms with Gasteiger partial charge in [-0.25, -0.2) is 0 Å². The second kappa shape index (κ2) is 5.75. The van der Waals surface area contributed by atoms with Crippen LogP contribution in [0.2, 0.25) is 0 Å². The second-order valence-electron chi connectivity index (χ2n) is 4.03. The molecule has 1 heterocycles. The molecule has 0 saturated carbocycles. The maximum atomic E-state index is 11.8. The van der Waals surface area contributed by atoms with Crippen molar-refractivity contribution in [1.29, 1.82) is 0 Å². The molecule has 0 aliphatic carbocycles. The van der Waals surface area contributed by atoms with Gasteiger partial charge in [0.2, 0.25) is 17.7 Å². The summed E-state index contributed by atoms with van der Waals surface area (Å²) in [5.74, 6) is -0.969. The first-order valence-electron chi connectivity index (χ1n) is 5.68.